The number of amides is 1. The molecule has 1 fully saturated rings. The van der Waals surface area contributed by atoms with E-state index in [4.69, 9.17) is 0 Å². The Bertz CT molecular complexity index is 449. The Morgan fingerprint density at radius 3 is 2.71 bits per heavy atom. The Labute approximate surface area is 102 Å². The number of nitrogens with zero attached hydrogens (tertiary/aromatic N) is 1. The number of anilines is 1. The Hall–Kier alpha value is -1.35. The smallest absolute Gasteiger partial charge is 0.223 e. The average Bonchev–Trinajstić information content (AvgIpc) is 2.66. The number of hydrogen-bond donors (Lipinski definition) is 1. The summed E-state index contributed by atoms with van der Waals surface area (Å²) in [5.74, 6) is 0.160. The van der Waals surface area contributed by atoms with Gasteiger partial charge in [-0.3, -0.25) is 4.79 Å². The van der Waals surface area contributed by atoms with Crippen LogP contribution in [0.4, 0.5) is 5.69 Å². The number of benzene rings is 1. The van der Waals surface area contributed by atoms with Gasteiger partial charge in [0.05, 0.1) is 0 Å². The van der Waals surface area contributed by atoms with Gasteiger partial charge < -0.3 is 10.2 Å². The predicted octanol–water partition coefficient (Wildman–Crippen LogP) is 1.67. The number of nitrogens with one attached hydrogen (secondary N) is 1. The number of hydrogen-bond acceptors (Lipinski definition) is 2. The van der Waals surface area contributed by atoms with Crippen molar-refractivity contribution in [1.29, 1.82) is 0 Å². The minimum Gasteiger partial charge on any atom is -0.317 e. The summed E-state index contributed by atoms with van der Waals surface area (Å²) in [7, 11) is 0. The summed E-state index contributed by atoms with van der Waals surface area (Å²) < 4.78 is 0. The highest BCUT2D eigenvalue weighted by Gasteiger charge is 2.44. The predicted molar refractivity (Wildman–Crippen MR) is 68.3 cm³/mol. The largest absolute Gasteiger partial charge is 0.317 e. The highest BCUT2D eigenvalue weighted by atomic mass is 16.2. The van der Waals surface area contributed by atoms with Crippen LogP contribution in [0.2, 0.25) is 0 Å². The van der Waals surface area contributed by atoms with E-state index < -0.39 is 0 Å². The Balaban J connectivity index is 2.07. The molecular formula is C14H18N2O. The number of piperidine rings is 1. The second-order valence-electron chi connectivity index (χ2n) is 5.15. The molecule has 0 atom stereocenters. The molecule has 1 aromatic rings. The molecule has 0 bridgehead atoms. The molecule has 3 nitrogen and oxygen atoms in total. The second-order valence-corrected chi connectivity index (χ2v) is 5.15. The molecule has 1 spiro atoms. The van der Waals surface area contributed by atoms with Gasteiger partial charge in [0, 0.05) is 24.6 Å². The SMILES string of the molecule is CC(=O)N1CC2(CCNCC2)c2ccccc21. The highest BCUT2D eigenvalue weighted by molar-refractivity contribution is 5.94. The van der Waals surface area contributed by atoms with Crippen molar-refractivity contribution in [3.05, 3.63) is 29.8 Å². The van der Waals surface area contributed by atoms with Crippen molar-refractivity contribution in [3.8, 4) is 0 Å². The van der Waals surface area contributed by atoms with Crippen LogP contribution < -0.4 is 10.2 Å². The van der Waals surface area contributed by atoms with Crippen molar-refractivity contribution in [3.63, 3.8) is 0 Å². The van der Waals surface area contributed by atoms with Crippen molar-refractivity contribution >= 4 is 11.6 Å². The van der Waals surface area contributed by atoms with Gasteiger partial charge >= 0.3 is 0 Å². The van der Waals surface area contributed by atoms with E-state index in [1.165, 1.54) is 5.56 Å². The fourth-order valence-corrected chi connectivity index (χ4v) is 3.24. The zero-order valence-electron chi connectivity index (χ0n) is 10.2. The van der Waals surface area contributed by atoms with Crippen LogP contribution in [0.1, 0.15) is 25.3 Å². The second kappa shape index (κ2) is 3.84. The minimum atomic E-state index is 0.160. The van der Waals surface area contributed by atoms with E-state index in [0.717, 1.165) is 38.2 Å². The van der Waals surface area contributed by atoms with Crippen LogP contribution in [-0.2, 0) is 10.2 Å². The fraction of sp³-hybridized carbons (Fsp3) is 0.500. The first-order valence-corrected chi connectivity index (χ1v) is 6.31. The molecule has 1 aromatic carbocycles. The lowest BCUT2D eigenvalue weighted by Gasteiger charge is -2.34. The summed E-state index contributed by atoms with van der Waals surface area (Å²) in [6.07, 6.45) is 2.27. The molecule has 90 valence electrons. The van der Waals surface area contributed by atoms with Crippen LogP contribution in [0.15, 0.2) is 24.3 Å². The van der Waals surface area contributed by atoms with E-state index >= 15 is 0 Å². The van der Waals surface area contributed by atoms with Gasteiger partial charge in [0.2, 0.25) is 5.91 Å². The maximum atomic E-state index is 11.7. The lowest BCUT2D eigenvalue weighted by molar-refractivity contribution is -0.116. The molecule has 2 aliphatic heterocycles. The van der Waals surface area contributed by atoms with E-state index in [0.29, 0.717) is 0 Å². The zero-order valence-corrected chi connectivity index (χ0v) is 10.2. The van der Waals surface area contributed by atoms with Gasteiger partial charge in [-0.15, -0.1) is 0 Å². The van der Waals surface area contributed by atoms with E-state index in [1.807, 2.05) is 11.0 Å². The summed E-state index contributed by atoms with van der Waals surface area (Å²) in [6, 6.07) is 8.39. The van der Waals surface area contributed by atoms with Crippen LogP contribution in [0, 0.1) is 0 Å². The normalized spacial score (nSPS) is 21.6. The quantitative estimate of drug-likeness (QED) is 0.735. The standard InChI is InChI=1S/C14H18N2O/c1-11(17)16-10-14(6-8-15-9-7-14)12-4-2-3-5-13(12)16/h2-5,15H,6-10H2,1H3. The molecular weight excluding hydrogens is 212 g/mol. The van der Waals surface area contributed by atoms with Crippen molar-refractivity contribution in [2.45, 2.75) is 25.2 Å². The van der Waals surface area contributed by atoms with E-state index in [9.17, 15) is 4.79 Å². The van der Waals surface area contributed by atoms with Crippen LogP contribution in [0.5, 0.6) is 0 Å². The molecule has 0 saturated carbocycles. The van der Waals surface area contributed by atoms with Gasteiger partial charge in [0.15, 0.2) is 0 Å². The van der Waals surface area contributed by atoms with Crippen molar-refractivity contribution in [2.24, 2.45) is 0 Å². The monoisotopic (exact) mass is 230 g/mol. The van der Waals surface area contributed by atoms with E-state index in [2.05, 4.69) is 23.5 Å². The lowest BCUT2D eigenvalue weighted by atomic mass is 9.75. The van der Waals surface area contributed by atoms with Gasteiger partial charge in [0.25, 0.3) is 0 Å². The maximum Gasteiger partial charge on any atom is 0.223 e. The molecule has 3 heteroatoms. The van der Waals surface area contributed by atoms with Gasteiger partial charge in [-0.25, -0.2) is 0 Å². The van der Waals surface area contributed by atoms with Gasteiger partial charge in [0.1, 0.15) is 0 Å². The third-order valence-corrected chi connectivity index (χ3v) is 4.17. The number of carbonyl (C=O) groups is 1. The summed E-state index contributed by atoms with van der Waals surface area (Å²) in [6.45, 7) is 4.64. The van der Waals surface area contributed by atoms with Crippen LogP contribution in [-0.4, -0.2) is 25.5 Å². The van der Waals surface area contributed by atoms with Crippen LogP contribution in [0.25, 0.3) is 0 Å². The maximum absolute atomic E-state index is 11.7. The first kappa shape index (κ1) is 10.8. The van der Waals surface area contributed by atoms with Crippen molar-refractivity contribution < 1.29 is 4.79 Å². The summed E-state index contributed by atoms with van der Waals surface area (Å²) in [5, 5.41) is 3.41. The molecule has 0 aromatic heterocycles. The first-order valence-electron chi connectivity index (χ1n) is 6.31. The zero-order chi connectivity index (χ0) is 11.9. The minimum absolute atomic E-state index is 0.160. The molecule has 0 radical (unpaired) electrons. The molecule has 1 N–H and O–H groups in total. The van der Waals surface area contributed by atoms with Crippen molar-refractivity contribution in [2.75, 3.05) is 24.5 Å². The molecule has 17 heavy (non-hydrogen) atoms. The first-order chi connectivity index (χ1) is 8.23. The number of carbonyl (C=O) groups excluding carboxylic acids is 1. The highest BCUT2D eigenvalue weighted by Crippen LogP contribution is 2.45. The molecule has 0 unspecified atom stereocenters. The average molecular weight is 230 g/mol. The molecule has 0 aliphatic carbocycles. The Kier molecular flexibility index (Phi) is 2.44. The summed E-state index contributed by atoms with van der Waals surface area (Å²) >= 11 is 0. The Morgan fingerprint density at radius 1 is 1.29 bits per heavy atom. The van der Waals surface area contributed by atoms with Gasteiger partial charge in [-0.05, 0) is 37.6 Å². The fourth-order valence-electron chi connectivity index (χ4n) is 3.24. The van der Waals surface area contributed by atoms with E-state index in [-0.39, 0.29) is 11.3 Å². The summed E-state index contributed by atoms with van der Waals surface area (Å²) in [4.78, 5) is 13.7. The van der Waals surface area contributed by atoms with Crippen molar-refractivity contribution in [1.82, 2.24) is 5.32 Å². The topological polar surface area (TPSA) is 32.3 Å². The Morgan fingerprint density at radius 2 is 2.00 bits per heavy atom. The molecule has 2 heterocycles. The number of para-hydroxylation sites is 1. The number of rotatable bonds is 0. The molecule has 1 amide bonds. The molecule has 2 aliphatic rings. The third-order valence-electron chi connectivity index (χ3n) is 4.17. The third kappa shape index (κ3) is 1.57. The van der Waals surface area contributed by atoms with Crippen LogP contribution in [0.3, 0.4) is 0 Å². The van der Waals surface area contributed by atoms with Gasteiger partial charge in [-0.1, -0.05) is 18.2 Å². The van der Waals surface area contributed by atoms with Crippen LogP contribution >= 0.6 is 0 Å². The number of fused-ring (bicyclic) bond motifs is 2. The van der Waals surface area contributed by atoms with E-state index in [1.54, 1.807) is 6.92 Å². The summed E-state index contributed by atoms with van der Waals surface area (Å²) in [5.41, 5.74) is 2.70. The molecule has 1 saturated heterocycles. The lowest BCUT2D eigenvalue weighted by Crippen LogP contribution is -2.43. The molecule has 3 rings (SSSR count). The van der Waals surface area contributed by atoms with Gasteiger partial charge in [-0.2, -0.15) is 0 Å².